The van der Waals surface area contributed by atoms with Gasteiger partial charge in [0.05, 0.1) is 0 Å². The largest absolute Gasteiger partial charge is 0.387 e. The van der Waals surface area contributed by atoms with Crippen LogP contribution in [0.15, 0.2) is 0 Å². The minimum atomic E-state index is -2.27. The molecule has 0 amide bonds. The third-order valence-corrected chi connectivity index (χ3v) is 2.00. The van der Waals surface area contributed by atoms with Crippen LogP contribution in [0, 0.1) is 0 Å². The second kappa shape index (κ2) is 3.21. The first-order valence-corrected chi connectivity index (χ1v) is 3.47. The van der Waals surface area contributed by atoms with E-state index in [0.717, 1.165) is 0 Å². The summed E-state index contributed by atoms with van der Waals surface area (Å²) in [6.07, 6.45) is -12.4. The molecule has 1 aliphatic rings. The minimum absolute atomic E-state index is 1.89. The Morgan fingerprint density at radius 2 is 0.917 bits per heavy atom. The molecule has 1 aliphatic carbocycles. The van der Waals surface area contributed by atoms with Gasteiger partial charge in [-0.3, -0.25) is 0 Å². The van der Waals surface area contributed by atoms with Crippen molar-refractivity contribution in [2.45, 2.75) is 36.8 Å². The molecule has 4 nitrogen and oxygen atoms in total. The third kappa shape index (κ3) is 1.31. The highest BCUT2D eigenvalue weighted by atomic mass is 19.1. The second-order valence-electron chi connectivity index (χ2n) is 2.85. The fraction of sp³-hybridized carbons (Fsp3) is 1.00. The first kappa shape index (κ1) is 9.79. The van der Waals surface area contributed by atoms with Crippen molar-refractivity contribution in [3.8, 4) is 0 Å². The second-order valence-corrected chi connectivity index (χ2v) is 2.85. The van der Waals surface area contributed by atoms with Gasteiger partial charge in [0, 0.05) is 0 Å². The lowest BCUT2D eigenvalue weighted by atomic mass is 9.87. The zero-order valence-corrected chi connectivity index (χ0v) is 6.01. The van der Waals surface area contributed by atoms with Gasteiger partial charge in [-0.25, -0.2) is 8.78 Å². The highest BCUT2D eigenvalue weighted by Crippen LogP contribution is 2.25. The number of hydrogen-bond donors (Lipinski definition) is 4. The highest BCUT2D eigenvalue weighted by Gasteiger charge is 2.49. The Labute approximate surface area is 67.1 Å². The number of rotatable bonds is 0. The van der Waals surface area contributed by atoms with Crippen LogP contribution >= 0.6 is 0 Å². The molecule has 6 heteroatoms. The number of hydrogen-bond acceptors (Lipinski definition) is 4. The Morgan fingerprint density at radius 3 is 1.25 bits per heavy atom. The number of aliphatic hydroxyl groups is 4. The van der Waals surface area contributed by atoms with E-state index in [1.165, 1.54) is 0 Å². The summed E-state index contributed by atoms with van der Waals surface area (Å²) in [5.74, 6) is 0. The SMILES string of the molecule is OC1C(F)[C@@H](O)C(O)[C@H](O)C1F. The quantitative estimate of drug-likeness (QED) is 0.355. The van der Waals surface area contributed by atoms with E-state index in [1.807, 2.05) is 0 Å². The predicted molar refractivity (Wildman–Crippen MR) is 33.8 cm³/mol. The van der Waals surface area contributed by atoms with Gasteiger partial charge in [0.1, 0.15) is 24.4 Å². The molecule has 0 spiro atoms. The van der Waals surface area contributed by atoms with Crippen molar-refractivity contribution in [3.63, 3.8) is 0 Å². The minimum Gasteiger partial charge on any atom is -0.387 e. The molecular weight excluding hydrogens is 174 g/mol. The summed E-state index contributed by atoms with van der Waals surface area (Å²) >= 11 is 0. The summed E-state index contributed by atoms with van der Waals surface area (Å²) in [7, 11) is 0. The normalized spacial score (nSPS) is 55.5. The molecule has 0 saturated heterocycles. The molecule has 0 aromatic rings. The Bertz CT molecular complexity index is 109. The number of alkyl halides is 2. The smallest absolute Gasteiger partial charge is 0.157 e. The maximum atomic E-state index is 12.6. The molecule has 0 heterocycles. The molecule has 4 N–H and O–H groups in total. The molecule has 0 aliphatic heterocycles. The lowest BCUT2D eigenvalue weighted by molar-refractivity contribution is -0.188. The molecule has 0 radical (unpaired) electrons. The molecule has 1 saturated carbocycles. The Morgan fingerprint density at radius 1 is 0.583 bits per heavy atom. The first-order valence-electron chi connectivity index (χ1n) is 3.47. The Hall–Kier alpha value is -0.300. The van der Waals surface area contributed by atoms with Crippen LogP contribution < -0.4 is 0 Å². The topological polar surface area (TPSA) is 80.9 Å². The van der Waals surface area contributed by atoms with Gasteiger partial charge in [0.15, 0.2) is 12.3 Å². The molecule has 0 aromatic heterocycles. The van der Waals surface area contributed by atoms with Crippen LogP contribution in [0.25, 0.3) is 0 Å². The van der Waals surface area contributed by atoms with Crippen molar-refractivity contribution in [3.05, 3.63) is 0 Å². The van der Waals surface area contributed by atoms with Gasteiger partial charge in [0.25, 0.3) is 0 Å². The van der Waals surface area contributed by atoms with E-state index in [0.29, 0.717) is 0 Å². The van der Waals surface area contributed by atoms with Crippen LogP contribution in [0.4, 0.5) is 8.78 Å². The molecule has 2 unspecified atom stereocenters. The van der Waals surface area contributed by atoms with Crippen molar-refractivity contribution in [2.75, 3.05) is 0 Å². The van der Waals surface area contributed by atoms with E-state index in [-0.39, 0.29) is 0 Å². The molecule has 12 heavy (non-hydrogen) atoms. The van der Waals surface area contributed by atoms with E-state index in [9.17, 15) is 8.78 Å². The molecule has 1 fully saturated rings. The van der Waals surface area contributed by atoms with E-state index >= 15 is 0 Å². The van der Waals surface area contributed by atoms with Gasteiger partial charge in [-0.1, -0.05) is 0 Å². The first-order chi connectivity index (χ1) is 5.46. The van der Waals surface area contributed by atoms with E-state index in [4.69, 9.17) is 20.4 Å². The van der Waals surface area contributed by atoms with Crippen molar-refractivity contribution < 1.29 is 29.2 Å². The average Bonchev–Trinajstić information content (AvgIpc) is 2.08. The molecule has 0 bridgehead atoms. The molecule has 1 rings (SSSR count). The summed E-state index contributed by atoms with van der Waals surface area (Å²) in [5, 5.41) is 35.1. The van der Waals surface area contributed by atoms with Gasteiger partial charge in [-0.05, 0) is 0 Å². The summed E-state index contributed by atoms with van der Waals surface area (Å²) < 4.78 is 25.3. The highest BCUT2D eigenvalue weighted by molar-refractivity contribution is 4.98. The van der Waals surface area contributed by atoms with Crippen LogP contribution in [-0.4, -0.2) is 57.2 Å². The van der Waals surface area contributed by atoms with E-state index in [1.54, 1.807) is 0 Å². The predicted octanol–water partition coefficient (Wildman–Crippen LogP) is -1.88. The third-order valence-electron chi connectivity index (χ3n) is 2.00. The van der Waals surface area contributed by atoms with Gasteiger partial charge >= 0.3 is 0 Å². The van der Waals surface area contributed by atoms with E-state index < -0.39 is 36.8 Å². The molecule has 0 aromatic carbocycles. The molecule has 4 atom stereocenters. The van der Waals surface area contributed by atoms with Crippen molar-refractivity contribution in [1.29, 1.82) is 0 Å². The maximum Gasteiger partial charge on any atom is 0.157 e. The van der Waals surface area contributed by atoms with Crippen LogP contribution in [-0.2, 0) is 0 Å². The van der Waals surface area contributed by atoms with Crippen LogP contribution in [0.3, 0.4) is 0 Å². The van der Waals surface area contributed by atoms with Crippen molar-refractivity contribution >= 4 is 0 Å². The van der Waals surface area contributed by atoms with Crippen molar-refractivity contribution in [1.82, 2.24) is 0 Å². The van der Waals surface area contributed by atoms with Gasteiger partial charge < -0.3 is 20.4 Å². The molecule has 72 valence electrons. The lowest BCUT2D eigenvalue weighted by Crippen LogP contribution is -2.60. The summed E-state index contributed by atoms with van der Waals surface area (Å²) in [6, 6.07) is 0. The number of halogens is 2. The average molecular weight is 184 g/mol. The zero-order chi connectivity index (χ0) is 9.46. The van der Waals surface area contributed by atoms with E-state index in [2.05, 4.69) is 0 Å². The monoisotopic (exact) mass is 184 g/mol. The van der Waals surface area contributed by atoms with Gasteiger partial charge in [-0.15, -0.1) is 0 Å². The van der Waals surface area contributed by atoms with Crippen LogP contribution in [0.1, 0.15) is 0 Å². The fourth-order valence-corrected chi connectivity index (χ4v) is 1.16. The zero-order valence-electron chi connectivity index (χ0n) is 6.01. The van der Waals surface area contributed by atoms with Gasteiger partial charge in [-0.2, -0.15) is 0 Å². The van der Waals surface area contributed by atoms with Crippen LogP contribution in [0.2, 0.25) is 0 Å². The summed E-state index contributed by atoms with van der Waals surface area (Å²) in [5.41, 5.74) is 0. The van der Waals surface area contributed by atoms with Crippen molar-refractivity contribution in [2.24, 2.45) is 0 Å². The maximum absolute atomic E-state index is 12.6. The Kier molecular flexibility index (Phi) is 2.62. The lowest BCUT2D eigenvalue weighted by Gasteiger charge is -2.36. The van der Waals surface area contributed by atoms with Gasteiger partial charge in [0.2, 0.25) is 0 Å². The standard InChI is InChI=1S/C6H10F2O4/c7-1-3(9)2(8)5(11)6(12)4(1)10/h1-6,9-12H/t1?,2?,3?,4-,5-,6?/m1/s1. The fourth-order valence-electron chi connectivity index (χ4n) is 1.16. The van der Waals surface area contributed by atoms with Crippen LogP contribution in [0.5, 0.6) is 0 Å². The Balaban J connectivity index is 2.76. The summed E-state index contributed by atoms with van der Waals surface area (Å²) in [6.45, 7) is 0. The number of aliphatic hydroxyl groups excluding tert-OH is 4. The summed E-state index contributed by atoms with van der Waals surface area (Å²) in [4.78, 5) is 0. The molecular formula is C6H10F2O4.